The number of hydrogen-bond acceptors (Lipinski definition) is 6. The first kappa shape index (κ1) is 22.7. The Morgan fingerprint density at radius 3 is 2.60 bits per heavy atom. The number of anilines is 1. The number of nitrogens with zero attached hydrogens (tertiary/aromatic N) is 1. The minimum atomic E-state index is -0.576. The molecule has 2 aromatic rings. The van der Waals surface area contributed by atoms with Gasteiger partial charge in [0.15, 0.2) is 11.5 Å². The quantitative estimate of drug-likeness (QED) is 0.245. The number of carbonyl (C=O) groups is 1. The van der Waals surface area contributed by atoms with Crippen molar-refractivity contribution in [3.8, 4) is 17.2 Å². The van der Waals surface area contributed by atoms with E-state index in [1.807, 2.05) is 13.0 Å². The van der Waals surface area contributed by atoms with Crippen LogP contribution in [0.15, 0.2) is 42.5 Å². The summed E-state index contributed by atoms with van der Waals surface area (Å²) >= 11 is 0. The Kier molecular flexibility index (Phi) is 8.68. The number of nitro groups is 1. The molecule has 1 N–H and O–H groups in total. The molecule has 0 fully saturated rings. The van der Waals surface area contributed by atoms with Crippen LogP contribution < -0.4 is 19.5 Å². The topological polar surface area (TPSA) is 99.9 Å². The van der Waals surface area contributed by atoms with Crippen LogP contribution in [-0.2, 0) is 4.79 Å². The standard InChI is InChI=1S/C22H26N2O6/c1-4-6-13-30-20-11-7-16(14-21(20)29-5-2)8-12-22(25)23-18-10-9-17(28-3)15-19(18)24(26)27/h7-12,14-15H,4-6,13H2,1-3H3,(H,23,25)/b12-8+. The number of amides is 1. The average Bonchev–Trinajstić information content (AvgIpc) is 2.74. The predicted octanol–water partition coefficient (Wildman–Crippen LogP) is 4.83. The number of carbonyl (C=O) groups excluding carboxylic acids is 1. The molecule has 8 heteroatoms. The largest absolute Gasteiger partial charge is 0.496 e. The summed E-state index contributed by atoms with van der Waals surface area (Å²) in [6.45, 7) is 5.06. The van der Waals surface area contributed by atoms with Gasteiger partial charge < -0.3 is 19.5 Å². The molecule has 0 heterocycles. The SMILES string of the molecule is CCCCOc1ccc(/C=C/C(=O)Nc2ccc(OC)cc2[N+](=O)[O-])cc1OCC. The second kappa shape index (κ2) is 11.5. The second-order valence-corrected chi connectivity index (χ2v) is 6.30. The minimum Gasteiger partial charge on any atom is -0.496 e. The van der Waals surface area contributed by atoms with E-state index < -0.39 is 10.8 Å². The average molecular weight is 414 g/mol. The Bertz CT molecular complexity index is 910. The zero-order valence-electron chi connectivity index (χ0n) is 17.3. The number of methoxy groups -OCH3 is 1. The molecule has 160 valence electrons. The van der Waals surface area contributed by atoms with E-state index in [2.05, 4.69) is 12.2 Å². The van der Waals surface area contributed by atoms with Gasteiger partial charge in [-0.3, -0.25) is 14.9 Å². The molecule has 2 aromatic carbocycles. The fourth-order valence-corrected chi connectivity index (χ4v) is 2.58. The molecule has 0 atom stereocenters. The highest BCUT2D eigenvalue weighted by atomic mass is 16.6. The van der Waals surface area contributed by atoms with Gasteiger partial charge in [0.05, 0.1) is 31.3 Å². The maximum atomic E-state index is 12.3. The summed E-state index contributed by atoms with van der Waals surface area (Å²) in [4.78, 5) is 22.9. The zero-order chi connectivity index (χ0) is 21.9. The maximum Gasteiger partial charge on any atom is 0.296 e. The lowest BCUT2D eigenvalue weighted by molar-refractivity contribution is -0.384. The maximum absolute atomic E-state index is 12.3. The summed E-state index contributed by atoms with van der Waals surface area (Å²) in [5.74, 6) is 1.09. The third-order valence-corrected chi connectivity index (χ3v) is 4.11. The lowest BCUT2D eigenvalue weighted by Gasteiger charge is -2.12. The van der Waals surface area contributed by atoms with E-state index in [1.165, 1.54) is 31.4 Å². The number of nitro benzene ring substituents is 1. The molecule has 0 saturated heterocycles. The highest BCUT2D eigenvalue weighted by Crippen LogP contribution is 2.30. The Morgan fingerprint density at radius 2 is 1.93 bits per heavy atom. The number of unbranched alkanes of at least 4 members (excludes halogenated alkanes) is 1. The van der Waals surface area contributed by atoms with E-state index in [1.54, 1.807) is 18.2 Å². The van der Waals surface area contributed by atoms with Crippen LogP contribution >= 0.6 is 0 Å². The van der Waals surface area contributed by atoms with E-state index in [9.17, 15) is 14.9 Å². The zero-order valence-corrected chi connectivity index (χ0v) is 17.3. The van der Waals surface area contributed by atoms with Crippen LogP contribution in [0.4, 0.5) is 11.4 Å². The predicted molar refractivity (Wildman–Crippen MR) is 115 cm³/mol. The molecule has 0 saturated carbocycles. The molecule has 0 bridgehead atoms. The van der Waals surface area contributed by atoms with E-state index in [0.29, 0.717) is 30.5 Å². The van der Waals surface area contributed by atoms with Gasteiger partial charge in [0, 0.05) is 6.08 Å². The van der Waals surface area contributed by atoms with Gasteiger partial charge in [-0.05, 0) is 49.2 Å². The summed E-state index contributed by atoms with van der Waals surface area (Å²) in [5, 5.41) is 13.8. The third kappa shape index (κ3) is 6.51. The fraction of sp³-hybridized carbons (Fsp3) is 0.318. The van der Waals surface area contributed by atoms with Crippen LogP contribution in [0.25, 0.3) is 6.08 Å². The van der Waals surface area contributed by atoms with Crippen LogP contribution in [0.3, 0.4) is 0 Å². The molecule has 0 aliphatic heterocycles. The van der Waals surface area contributed by atoms with Crippen molar-refractivity contribution in [2.45, 2.75) is 26.7 Å². The van der Waals surface area contributed by atoms with Crippen LogP contribution in [0, 0.1) is 10.1 Å². The van der Waals surface area contributed by atoms with Crippen molar-refractivity contribution in [2.24, 2.45) is 0 Å². The normalized spacial score (nSPS) is 10.6. The highest BCUT2D eigenvalue weighted by Gasteiger charge is 2.16. The van der Waals surface area contributed by atoms with Gasteiger partial charge in [-0.25, -0.2) is 0 Å². The molecule has 0 radical (unpaired) electrons. The van der Waals surface area contributed by atoms with E-state index in [-0.39, 0.29) is 11.4 Å². The van der Waals surface area contributed by atoms with Gasteiger partial charge in [-0.1, -0.05) is 19.4 Å². The van der Waals surface area contributed by atoms with Gasteiger partial charge in [0.2, 0.25) is 5.91 Å². The summed E-state index contributed by atoms with van der Waals surface area (Å²) < 4.78 is 16.4. The van der Waals surface area contributed by atoms with Crippen LogP contribution in [0.2, 0.25) is 0 Å². The van der Waals surface area contributed by atoms with Crippen molar-refractivity contribution in [2.75, 3.05) is 25.6 Å². The van der Waals surface area contributed by atoms with Crippen molar-refractivity contribution < 1.29 is 23.9 Å². The Balaban J connectivity index is 2.12. The smallest absolute Gasteiger partial charge is 0.296 e. The number of nitrogens with one attached hydrogen (secondary N) is 1. The molecule has 8 nitrogen and oxygen atoms in total. The molecule has 0 spiro atoms. The number of rotatable bonds is 11. The first-order chi connectivity index (χ1) is 14.5. The van der Waals surface area contributed by atoms with Crippen molar-refractivity contribution in [3.05, 3.63) is 58.2 Å². The minimum absolute atomic E-state index is 0.0881. The Labute approximate surface area is 175 Å². The van der Waals surface area contributed by atoms with Gasteiger partial charge >= 0.3 is 0 Å². The first-order valence-corrected chi connectivity index (χ1v) is 9.69. The molecule has 30 heavy (non-hydrogen) atoms. The molecule has 2 rings (SSSR count). The van der Waals surface area contributed by atoms with Crippen LogP contribution in [0.1, 0.15) is 32.3 Å². The third-order valence-electron chi connectivity index (χ3n) is 4.11. The van der Waals surface area contributed by atoms with Crippen molar-refractivity contribution in [1.82, 2.24) is 0 Å². The lowest BCUT2D eigenvalue weighted by Crippen LogP contribution is -2.09. The fourth-order valence-electron chi connectivity index (χ4n) is 2.58. The van der Waals surface area contributed by atoms with Gasteiger partial charge in [-0.15, -0.1) is 0 Å². The molecule has 0 aromatic heterocycles. The van der Waals surface area contributed by atoms with Crippen LogP contribution in [-0.4, -0.2) is 31.2 Å². The van der Waals surface area contributed by atoms with Crippen molar-refractivity contribution in [3.63, 3.8) is 0 Å². The lowest BCUT2D eigenvalue weighted by atomic mass is 10.2. The Morgan fingerprint density at radius 1 is 1.13 bits per heavy atom. The molecular formula is C22H26N2O6. The summed E-state index contributed by atoms with van der Waals surface area (Å²) in [6.07, 6.45) is 4.89. The van der Waals surface area contributed by atoms with E-state index in [4.69, 9.17) is 14.2 Å². The number of benzene rings is 2. The summed E-state index contributed by atoms with van der Waals surface area (Å²) in [6, 6.07) is 9.61. The summed E-state index contributed by atoms with van der Waals surface area (Å²) in [7, 11) is 1.41. The molecule has 0 aliphatic carbocycles. The molecule has 0 aliphatic rings. The first-order valence-electron chi connectivity index (χ1n) is 9.69. The number of ether oxygens (including phenoxy) is 3. The highest BCUT2D eigenvalue weighted by molar-refractivity contribution is 6.03. The van der Waals surface area contributed by atoms with Crippen molar-refractivity contribution >= 4 is 23.4 Å². The second-order valence-electron chi connectivity index (χ2n) is 6.30. The van der Waals surface area contributed by atoms with Gasteiger partial charge in [0.1, 0.15) is 11.4 Å². The summed E-state index contributed by atoms with van der Waals surface area (Å²) in [5.41, 5.74) is 0.578. The Hall–Kier alpha value is -3.55. The van der Waals surface area contributed by atoms with Gasteiger partial charge in [0.25, 0.3) is 5.69 Å². The monoisotopic (exact) mass is 414 g/mol. The molecule has 0 unspecified atom stereocenters. The molecule has 1 amide bonds. The van der Waals surface area contributed by atoms with Gasteiger partial charge in [-0.2, -0.15) is 0 Å². The van der Waals surface area contributed by atoms with Crippen molar-refractivity contribution in [1.29, 1.82) is 0 Å². The van der Waals surface area contributed by atoms with Crippen LogP contribution in [0.5, 0.6) is 17.2 Å². The van der Waals surface area contributed by atoms with E-state index >= 15 is 0 Å². The van der Waals surface area contributed by atoms with E-state index in [0.717, 1.165) is 18.4 Å². The number of hydrogen-bond donors (Lipinski definition) is 1. The molecular weight excluding hydrogens is 388 g/mol.